The van der Waals surface area contributed by atoms with Gasteiger partial charge in [-0.1, -0.05) is 20.8 Å². The number of amides is 1. The Hall–Kier alpha value is -1.44. The number of rotatable bonds is 7. The second kappa shape index (κ2) is 7.53. The number of carbonyl (C=O) groups is 1. The standard InChI is InChI=1S/C14H23N3O3S/c1-4-16-21(19,20)12-7-5-11(6-8-12)17-14(18)13(15)9-10(2)3/h5-8,10,13,16H,4,9,15H2,1-3H3,(H,17,18)/t13-/m1/s1. The van der Waals surface area contributed by atoms with Crippen LogP contribution in [0, 0.1) is 5.92 Å². The third-order valence-electron chi connectivity index (χ3n) is 2.83. The van der Waals surface area contributed by atoms with Crippen LogP contribution in [0.2, 0.25) is 0 Å². The Labute approximate surface area is 126 Å². The van der Waals surface area contributed by atoms with Crippen molar-refractivity contribution in [1.29, 1.82) is 0 Å². The van der Waals surface area contributed by atoms with Crippen molar-refractivity contribution in [3.8, 4) is 0 Å². The molecule has 0 unspecified atom stereocenters. The first-order valence-corrected chi connectivity index (χ1v) is 8.40. The lowest BCUT2D eigenvalue weighted by Gasteiger charge is -2.14. The van der Waals surface area contributed by atoms with E-state index in [1.54, 1.807) is 19.1 Å². The molecule has 6 nitrogen and oxygen atoms in total. The number of benzene rings is 1. The molecule has 0 radical (unpaired) electrons. The van der Waals surface area contributed by atoms with E-state index in [0.717, 1.165) is 0 Å². The maximum atomic E-state index is 11.9. The van der Waals surface area contributed by atoms with Gasteiger partial charge in [0.15, 0.2) is 0 Å². The summed E-state index contributed by atoms with van der Waals surface area (Å²) in [7, 11) is -3.48. The van der Waals surface area contributed by atoms with Crippen LogP contribution in [0.5, 0.6) is 0 Å². The predicted octanol–water partition coefficient (Wildman–Crippen LogP) is 1.30. The SMILES string of the molecule is CCNS(=O)(=O)c1ccc(NC(=O)[C@H](N)CC(C)C)cc1. The summed E-state index contributed by atoms with van der Waals surface area (Å²) in [5, 5.41) is 2.68. The summed E-state index contributed by atoms with van der Waals surface area (Å²) < 4.78 is 26.0. The molecule has 0 heterocycles. The van der Waals surface area contributed by atoms with Gasteiger partial charge in [-0.25, -0.2) is 13.1 Å². The molecule has 0 saturated carbocycles. The predicted molar refractivity (Wildman–Crippen MR) is 83.4 cm³/mol. The van der Waals surface area contributed by atoms with Gasteiger partial charge in [0.2, 0.25) is 15.9 Å². The zero-order valence-corrected chi connectivity index (χ0v) is 13.4. The van der Waals surface area contributed by atoms with E-state index < -0.39 is 16.1 Å². The number of hydrogen-bond acceptors (Lipinski definition) is 4. The molecular weight excluding hydrogens is 290 g/mol. The van der Waals surface area contributed by atoms with Crippen molar-refractivity contribution in [3.63, 3.8) is 0 Å². The zero-order valence-electron chi connectivity index (χ0n) is 12.6. The van der Waals surface area contributed by atoms with E-state index in [4.69, 9.17) is 5.73 Å². The first-order valence-electron chi connectivity index (χ1n) is 6.92. The van der Waals surface area contributed by atoms with Crippen LogP contribution < -0.4 is 15.8 Å². The van der Waals surface area contributed by atoms with Gasteiger partial charge >= 0.3 is 0 Å². The largest absolute Gasteiger partial charge is 0.325 e. The van der Waals surface area contributed by atoms with Gasteiger partial charge in [0.05, 0.1) is 10.9 Å². The Balaban J connectivity index is 2.73. The molecule has 1 aromatic carbocycles. The van der Waals surface area contributed by atoms with E-state index >= 15 is 0 Å². The van der Waals surface area contributed by atoms with Gasteiger partial charge in [0.1, 0.15) is 0 Å². The molecule has 4 N–H and O–H groups in total. The highest BCUT2D eigenvalue weighted by atomic mass is 32.2. The third kappa shape index (κ3) is 5.45. The molecule has 0 fully saturated rings. The molecule has 0 bridgehead atoms. The van der Waals surface area contributed by atoms with Crippen molar-refractivity contribution < 1.29 is 13.2 Å². The minimum atomic E-state index is -3.48. The molecule has 0 aromatic heterocycles. The Morgan fingerprint density at radius 3 is 2.29 bits per heavy atom. The van der Waals surface area contributed by atoms with E-state index in [9.17, 15) is 13.2 Å². The molecule has 1 rings (SSSR count). The van der Waals surface area contributed by atoms with E-state index in [-0.39, 0.29) is 10.8 Å². The van der Waals surface area contributed by atoms with Crippen molar-refractivity contribution in [3.05, 3.63) is 24.3 Å². The fraction of sp³-hybridized carbons (Fsp3) is 0.500. The Bertz CT molecular complexity index is 568. The van der Waals surface area contributed by atoms with Crippen molar-refractivity contribution in [2.75, 3.05) is 11.9 Å². The topological polar surface area (TPSA) is 101 Å². The van der Waals surface area contributed by atoms with E-state index in [2.05, 4.69) is 10.0 Å². The van der Waals surface area contributed by atoms with E-state index in [1.807, 2.05) is 13.8 Å². The fourth-order valence-corrected chi connectivity index (χ4v) is 2.88. The zero-order chi connectivity index (χ0) is 16.0. The van der Waals surface area contributed by atoms with Crippen LogP contribution in [0.15, 0.2) is 29.2 Å². The molecule has 1 atom stereocenters. The van der Waals surface area contributed by atoms with Crippen LogP contribution in [0.3, 0.4) is 0 Å². The average molecular weight is 313 g/mol. The highest BCUT2D eigenvalue weighted by molar-refractivity contribution is 7.89. The lowest BCUT2D eigenvalue weighted by Crippen LogP contribution is -2.36. The molecule has 118 valence electrons. The minimum absolute atomic E-state index is 0.161. The van der Waals surface area contributed by atoms with E-state index in [1.165, 1.54) is 12.1 Å². The molecule has 21 heavy (non-hydrogen) atoms. The van der Waals surface area contributed by atoms with Crippen LogP contribution in [-0.2, 0) is 14.8 Å². The highest BCUT2D eigenvalue weighted by Crippen LogP contribution is 2.14. The van der Waals surface area contributed by atoms with Gasteiger partial charge in [0, 0.05) is 12.2 Å². The summed E-state index contributed by atoms with van der Waals surface area (Å²) in [6, 6.07) is 5.41. The van der Waals surface area contributed by atoms with Crippen LogP contribution in [0.25, 0.3) is 0 Å². The molecule has 0 aliphatic heterocycles. The quantitative estimate of drug-likeness (QED) is 0.706. The minimum Gasteiger partial charge on any atom is -0.325 e. The number of carbonyl (C=O) groups excluding carboxylic acids is 1. The molecule has 1 aromatic rings. The van der Waals surface area contributed by atoms with Crippen LogP contribution in [0.1, 0.15) is 27.2 Å². The first-order chi connectivity index (χ1) is 9.76. The first kappa shape index (κ1) is 17.6. The second-order valence-corrected chi connectivity index (χ2v) is 7.02. The Morgan fingerprint density at radius 2 is 1.81 bits per heavy atom. The third-order valence-corrected chi connectivity index (χ3v) is 4.39. The number of nitrogens with two attached hydrogens (primary N) is 1. The Kier molecular flexibility index (Phi) is 6.32. The van der Waals surface area contributed by atoms with Crippen molar-refractivity contribution >= 4 is 21.6 Å². The number of nitrogens with one attached hydrogen (secondary N) is 2. The van der Waals surface area contributed by atoms with Gasteiger partial charge in [0.25, 0.3) is 0 Å². The van der Waals surface area contributed by atoms with Crippen molar-refractivity contribution in [2.45, 2.75) is 38.1 Å². The van der Waals surface area contributed by atoms with Gasteiger partial charge in [-0.15, -0.1) is 0 Å². The molecule has 0 aliphatic rings. The average Bonchev–Trinajstić information content (AvgIpc) is 2.38. The van der Waals surface area contributed by atoms with Gasteiger partial charge in [-0.2, -0.15) is 0 Å². The maximum Gasteiger partial charge on any atom is 0.241 e. The van der Waals surface area contributed by atoms with Crippen LogP contribution in [0.4, 0.5) is 5.69 Å². The Morgan fingerprint density at radius 1 is 1.24 bits per heavy atom. The second-order valence-electron chi connectivity index (χ2n) is 5.25. The van der Waals surface area contributed by atoms with E-state index in [0.29, 0.717) is 24.6 Å². The highest BCUT2D eigenvalue weighted by Gasteiger charge is 2.16. The van der Waals surface area contributed by atoms with Crippen molar-refractivity contribution in [1.82, 2.24) is 4.72 Å². The molecule has 0 spiro atoms. The number of hydrogen-bond donors (Lipinski definition) is 3. The summed E-state index contributed by atoms with van der Waals surface area (Å²) in [6.07, 6.45) is 0.596. The number of sulfonamides is 1. The molecule has 7 heteroatoms. The van der Waals surface area contributed by atoms with Crippen molar-refractivity contribution in [2.24, 2.45) is 11.7 Å². The molecule has 1 amide bonds. The van der Waals surface area contributed by atoms with Gasteiger partial charge in [-0.05, 0) is 36.6 Å². The maximum absolute atomic E-state index is 11.9. The lowest BCUT2D eigenvalue weighted by atomic mass is 10.0. The number of anilines is 1. The monoisotopic (exact) mass is 313 g/mol. The molecule has 0 saturated heterocycles. The summed E-state index contributed by atoms with van der Waals surface area (Å²) in [4.78, 5) is 12.0. The normalized spacial score (nSPS) is 13.2. The molecule has 0 aliphatic carbocycles. The van der Waals surface area contributed by atoms with Crippen LogP contribution >= 0.6 is 0 Å². The smallest absolute Gasteiger partial charge is 0.241 e. The van der Waals surface area contributed by atoms with Gasteiger partial charge in [-0.3, -0.25) is 4.79 Å². The lowest BCUT2D eigenvalue weighted by molar-refractivity contribution is -0.117. The fourth-order valence-electron chi connectivity index (χ4n) is 1.84. The summed E-state index contributed by atoms with van der Waals surface area (Å²) in [6.45, 7) is 6.02. The van der Waals surface area contributed by atoms with Crippen LogP contribution in [-0.4, -0.2) is 26.9 Å². The summed E-state index contributed by atoms with van der Waals surface area (Å²) in [5.74, 6) is 0.0596. The summed E-state index contributed by atoms with van der Waals surface area (Å²) >= 11 is 0. The van der Waals surface area contributed by atoms with Gasteiger partial charge < -0.3 is 11.1 Å². The molecular formula is C14H23N3O3S. The summed E-state index contributed by atoms with van der Waals surface area (Å²) in [5.41, 5.74) is 6.31.